The minimum absolute atomic E-state index is 0.0413. The summed E-state index contributed by atoms with van der Waals surface area (Å²) in [6.07, 6.45) is -0.371. The molecule has 2 amide bonds. The highest BCUT2D eigenvalue weighted by Gasteiger charge is 2.24. The van der Waals surface area contributed by atoms with Crippen LogP contribution in [0.1, 0.15) is 67.5 Å². The van der Waals surface area contributed by atoms with E-state index in [1.807, 2.05) is 93.6 Å². The van der Waals surface area contributed by atoms with Crippen LogP contribution < -0.4 is 16.0 Å². The highest BCUT2D eigenvalue weighted by molar-refractivity contribution is 7.12. The first-order chi connectivity index (χ1) is 19.3. The van der Waals surface area contributed by atoms with Crippen molar-refractivity contribution in [2.24, 2.45) is 0 Å². The Balaban J connectivity index is 1.44. The summed E-state index contributed by atoms with van der Waals surface area (Å²) in [5, 5.41) is 20.6. The zero-order chi connectivity index (χ0) is 28.5. The molecule has 0 aliphatic rings. The maximum atomic E-state index is 13.4. The summed E-state index contributed by atoms with van der Waals surface area (Å²) in [6.45, 7) is 6.33. The molecule has 208 valence electrons. The SMILES string of the molecule is Cc1ccc(C(C)NC(=O)c2cccc(C(=O)N[C@@H](Cc3ccccc3)[C@H](O)CN[C@@H](C)c3ccccc3)c2)s1. The van der Waals surface area contributed by atoms with Crippen LogP contribution in [0.15, 0.2) is 97.1 Å². The molecule has 4 rings (SSSR count). The van der Waals surface area contributed by atoms with Gasteiger partial charge in [-0.2, -0.15) is 0 Å². The fourth-order valence-corrected chi connectivity index (χ4v) is 5.42. The number of rotatable bonds is 12. The van der Waals surface area contributed by atoms with E-state index in [1.165, 1.54) is 4.88 Å². The molecule has 4 aromatic rings. The largest absolute Gasteiger partial charge is 0.390 e. The molecule has 0 aliphatic heterocycles. The van der Waals surface area contributed by atoms with Crippen molar-refractivity contribution in [1.82, 2.24) is 16.0 Å². The van der Waals surface area contributed by atoms with Crippen LogP contribution in [0.4, 0.5) is 0 Å². The van der Waals surface area contributed by atoms with Gasteiger partial charge in [0.1, 0.15) is 0 Å². The molecule has 0 spiro atoms. The number of amides is 2. The highest BCUT2D eigenvalue weighted by atomic mass is 32.1. The number of hydrogen-bond acceptors (Lipinski definition) is 5. The Morgan fingerprint density at radius 3 is 2.02 bits per heavy atom. The van der Waals surface area contributed by atoms with Crippen LogP contribution in [0.3, 0.4) is 0 Å². The molecule has 40 heavy (non-hydrogen) atoms. The molecule has 1 heterocycles. The van der Waals surface area contributed by atoms with Gasteiger partial charge in [-0.25, -0.2) is 0 Å². The monoisotopic (exact) mass is 555 g/mol. The average Bonchev–Trinajstić information content (AvgIpc) is 3.42. The predicted octanol–water partition coefficient (Wildman–Crippen LogP) is 5.60. The third-order valence-electron chi connectivity index (χ3n) is 6.93. The Morgan fingerprint density at radius 1 is 0.775 bits per heavy atom. The van der Waals surface area contributed by atoms with E-state index in [4.69, 9.17) is 0 Å². The van der Waals surface area contributed by atoms with Gasteiger partial charge in [0.25, 0.3) is 11.8 Å². The lowest BCUT2D eigenvalue weighted by Crippen LogP contribution is -2.49. The van der Waals surface area contributed by atoms with Crippen LogP contribution in [-0.4, -0.2) is 35.6 Å². The topological polar surface area (TPSA) is 90.5 Å². The molecule has 0 fully saturated rings. The van der Waals surface area contributed by atoms with Gasteiger partial charge in [-0.1, -0.05) is 66.7 Å². The van der Waals surface area contributed by atoms with Crippen LogP contribution >= 0.6 is 11.3 Å². The van der Waals surface area contributed by atoms with Gasteiger partial charge in [0.05, 0.1) is 18.2 Å². The quantitative estimate of drug-likeness (QED) is 0.183. The molecule has 1 unspecified atom stereocenters. The van der Waals surface area contributed by atoms with Gasteiger partial charge < -0.3 is 21.1 Å². The van der Waals surface area contributed by atoms with Crippen molar-refractivity contribution in [3.8, 4) is 0 Å². The van der Waals surface area contributed by atoms with E-state index < -0.39 is 12.1 Å². The first-order valence-corrected chi connectivity index (χ1v) is 14.4. The smallest absolute Gasteiger partial charge is 0.251 e. The second kappa shape index (κ2) is 14.0. The number of aryl methyl sites for hydroxylation is 1. The summed E-state index contributed by atoms with van der Waals surface area (Å²) in [4.78, 5) is 28.6. The Bertz CT molecular complexity index is 1390. The number of hydrogen-bond donors (Lipinski definition) is 4. The minimum Gasteiger partial charge on any atom is -0.390 e. The zero-order valence-electron chi connectivity index (χ0n) is 23.1. The number of benzene rings is 3. The predicted molar refractivity (Wildman–Crippen MR) is 162 cm³/mol. The van der Waals surface area contributed by atoms with Crippen LogP contribution in [0, 0.1) is 6.92 Å². The lowest BCUT2D eigenvalue weighted by atomic mass is 9.99. The number of aliphatic hydroxyl groups excluding tert-OH is 1. The maximum absolute atomic E-state index is 13.4. The molecule has 3 aromatic carbocycles. The summed E-state index contributed by atoms with van der Waals surface area (Å²) in [7, 11) is 0. The summed E-state index contributed by atoms with van der Waals surface area (Å²) in [6, 6.07) is 29.9. The molecule has 0 radical (unpaired) electrons. The summed E-state index contributed by atoms with van der Waals surface area (Å²) >= 11 is 1.65. The van der Waals surface area contributed by atoms with Crippen molar-refractivity contribution >= 4 is 23.2 Å². The van der Waals surface area contributed by atoms with Crippen LogP contribution in [-0.2, 0) is 6.42 Å². The Hall–Kier alpha value is -3.78. The second-order valence-corrected chi connectivity index (χ2v) is 11.4. The van der Waals surface area contributed by atoms with Crippen molar-refractivity contribution < 1.29 is 14.7 Å². The van der Waals surface area contributed by atoms with E-state index in [0.717, 1.165) is 16.0 Å². The van der Waals surface area contributed by atoms with Gasteiger partial charge in [-0.15, -0.1) is 11.3 Å². The molecule has 1 aromatic heterocycles. The lowest BCUT2D eigenvalue weighted by molar-refractivity contribution is 0.0825. The molecular formula is C33H37N3O3S. The van der Waals surface area contributed by atoms with E-state index >= 15 is 0 Å². The van der Waals surface area contributed by atoms with Crippen molar-refractivity contribution in [2.75, 3.05) is 6.54 Å². The van der Waals surface area contributed by atoms with E-state index in [2.05, 4.69) is 16.0 Å². The van der Waals surface area contributed by atoms with E-state index in [-0.39, 0.29) is 23.9 Å². The van der Waals surface area contributed by atoms with Gasteiger partial charge in [0, 0.05) is 33.5 Å². The van der Waals surface area contributed by atoms with Gasteiger partial charge in [-0.05, 0) is 68.7 Å². The van der Waals surface area contributed by atoms with Gasteiger partial charge in [0.2, 0.25) is 0 Å². The molecule has 0 saturated heterocycles. The van der Waals surface area contributed by atoms with Gasteiger partial charge >= 0.3 is 0 Å². The zero-order valence-corrected chi connectivity index (χ0v) is 23.9. The Morgan fingerprint density at radius 2 is 1.40 bits per heavy atom. The van der Waals surface area contributed by atoms with Crippen molar-refractivity contribution in [3.05, 3.63) is 129 Å². The Labute approximate surface area is 240 Å². The summed E-state index contributed by atoms with van der Waals surface area (Å²) < 4.78 is 0. The van der Waals surface area contributed by atoms with Crippen LogP contribution in [0.2, 0.25) is 0 Å². The third-order valence-corrected chi connectivity index (χ3v) is 8.12. The van der Waals surface area contributed by atoms with Crippen molar-refractivity contribution in [3.63, 3.8) is 0 Å². The van der Waals surface area contributed by atoms with E-state index in [9.17, 15) is 14.7 Å². The van der Waals surface area contributed by atoms with Crippen molar-refractivity contribution in [2.45, 2.75) is 51.4 Å². The second-order valence-electron chi connectivity index (χ2n) is 10.1. The first kappa shape index (κ1) is 29.2. The lowest BCUT2D eigenvalue weighted by Gasteiger charge is -2.26. The average molecular weight is 556 g/mol. The number of carbonyl (C=O) groups is 2. The van der Waals surface area contributed by atoms with Crippen LogP contribution in [0.5, 0.6) is 0 Å². The fourth-order valence-electron chi connectivity index (χ4n) is 4.54. The standard InChI is InChI=1S/C33H37N3O3S/c1-22-17-18-31(40-22)24(3)35-32(38)27-15-10-16-28(20-27)33(39)36-29(19-25-11-6-4-7-12-25)30(37)21-34-23(2)26-13-8-5-9-14-26/h4-18,20,23-24,29-30,34,37H,19,21H2,1-3H3,(H,35,38)(H,36,39)/t23-,24?,29-,30+/m0/s1. The van der Waals surface area contributed by atoms with Gasteiger partial charge in [0.15, 0.2) is 0 Å². The molecule has 6 nitrogen and oxygen atoms in total. The summed E-state index contributed by atoms with van der Waals surface area (Å²) in [5.41, 5.74) is 2.90. The van der Waals surface area contributed by atoms with E-state index in [0.29, 0.717) is 24.1 Å². The Kier molecular flexibility index (Phi) is 10.2. The minimum atomic E-state index is -0.836. The molecule has 4 N–H and O–H groups in total. The molecule has 0 bridgehead atoms. The molecule has 7 heteroatoms. The number of aliphatic hydroxyl groups is 1. The van der Waals surface area contributed by atoms with Crippen molar-refractivity contribution in [1.29, 1.82) is 0 Å². The van der Waals surface area contributed by atoms with E-state index in [1.54, 1.807) is 35.6 Å². The highest BCUT2D eigenvalue weighted by Crippen LogP contribution is 2.23. The molecule has 4 atom stereocenters. The fraction of sp³-hybridized carbons (Fsp3) is 0.273. The third kappa shape index (κ3) is 8.11. The number of thiophene rings is 1. The number of carbonyl (C=O) groups excluding carboxylic acids is 2. The summed E-state index contributed by atoms with van der Waals surface area (Å²) in [5.74, 6) is -0.583. The van der Waals surface area contributed by atoms with Gasteiger partial charge in [-0.3, -0.25) is 9.59 Å². The van der Waals surface area contributed by atoms with Crippen LogP contribution in [0.25, 0.3) is 0 Å². The maximum Gasteiger partial charge on any atom is 0.251 e. The first-order valence-electron chi connectivity index (χ1n) is 13.6. The molecule has 0 saturated carbocycles. The normalized spacial score (nSPS) is 14.1. The number of nitrogens with one attached hydrogen (secondary N) is 3. The molecule has 0 aliphatic carbocycles. The molecular weight excluding hydrogens is 518 g/mol.